The van der Waals surface area contributed by atoms with Crippen molar-refractivity contribution in [2.24, 2.45) is 5.41 Å². The first-order chi connectivity index (χ1) is 5.26. The Hall–Kier alpha value is -0.700. The van der Waals surface area contributed by atoms with E-state index in [4.69, 9.17) is 0 Å². The minimum absolute atomic E-state index is 0.0325. The highest BCUT2D eigenvalue weighted by atomic mass is 16.3. The summed E-state index contributed by atoms with van der Waals surface area (Å²) in [7, 11) is 0. The lowest BCUT2D eigenvalue weighted by molar-refractivity contribution is -0.156. The van der Waals surface area contributed by atoms with E-state index in [0.29, 0.717) is 0 Å². The van der Waals surface area contributed by atoms with Crippen molar-refractivity contribution in [3.63, 3.8) is 0 Å². The van der Waals surface area contributed by atoms with Crippen LogP contribution >= 0.6 is 0 Å². The highest BCUT2D eigenvalue weighted by Gasteiger charge is 2.47. The highest BCUT2D eigenvalue weighted by molar-refractivity contribution is 6.02. The summed E-state index contributed by atoms with van der Waals surface area (Å²) in [6, 6.07) is 0. The van der Waals surface area contributed by atoms with Crippen molar-refractivity contribution in [1.29, 1.82) is 0 Å². The lowest BCUT2D eigenvalue weighted by Crippen LogP contribution is -2.50. The van der Waals surface area contributed by atoms with Gasteiger partial charge in [-0.1, -0.05) is 13.8 Å². The Balaban J connectivity index is 2.99. The predicted molar refractivity (Wildman–Crippen MR) is 43.7 cm³/mol. The number of carbonyl (C=O) groups excluding carboxylic acids is 2. The third kappa shape index (κ3) is 1.41. The van der Waals surface area contributed by atoms with Gasteiger partial charge in [0, 0.05) is 18.3 Å². The molecule has 3 heteroatoms. The SMILES string of the molecule is CC1(C)CC(=O)C[C@](C)(O)C1=O. The fraction of sp³-hybridized carbons (Fsp3) is 0.778. The number of carbonyl (C=O) groups is 2. The van der Waals surface area contributed by atoms with Crippen LogP contribution in [-0.2, 0) is 9.59 Å². The Morgan fingerprint density at radius 3 is 2.08 bits per heavy atom. The lowest BCUT2D eigenvalue weighted by atomic mass is 9.69. The first-order valence-corrected chi connectivity index (χ1v) is 4.05. The number of hydrogen-bond acceptors (Lipinski definition) is 3. The average molecular weight is 170 g/mol. The van der Waals surface area contributed by atoms with Crippen molar-refractivity contribution >= 4 is 11.6 Å². The number of hydrogen-bond donors (Lipinski definition) is 1. The molecule has 1 aliphatic carbocycles. The largest absolute Gasteiger partial charge is 0.382 e. The van der Waals surface area contributed by atoms with E-state index in [9.17, 15) is 14.7 Å². The molecule has 0 unspecified atom stereocenters. The van der Waals surface area contributed by atoms with E-state index in [2.05, 4.69) is 0 Å². The van der Waals surface area contributed by atoms with Crippen molar-refractivity contribution in [3.8, 4) is 0 Å². The normalized spacial score (nSPS) is 35.3. The van der Waals surface area contributed by atoms with E-state index in [1.807, 2.05) is 0 Å². The van der Waals surface area contributed by atoms with Crippen molar-refractivity contribution in [2.45, 2.75) is 39.2 Å². The van der Waals surface area contributed by atoms with E-state index < -0.39 is 11.0 Å². The molecule has 1 atom stereocenters. The zero-order chi connectivity index (χ0) is 9.57. The summed E-state index contributed by atoms with van der Waals surface area (Å²) in [5, 5.41) is 9.58. The van der Waals surface area contributed by atoms with Gasteiger partial charge in [-0.2, -0.15) is 0 Å². The van der Waals surface area contributed by atoms with Gasteiger partial charge in [0.15, 0.2) is 5.78 Å². The molecular formula is C9H14O3. The van der Waals surface area contributed by atoms with Gasteiger partial charge in [-0.25, -0.2) is 0 Å². The van der Waals surface area contributed by atoms with Gasteiger partial charge in [-0.3, -0.25) is 9.59 Å². The number of aliphatic hydroxyl groups is 1. The molecule has 3 nitrogen and oxygen atoms in total. The van der Waals surface area contributed by atoms with E-state index in [-0.39, 0.29) is 24.4 Å². The molecule has 0 radical (unpaired) electrons. The molecule has 68 valence electrons. The molecule has 0 bridgehead atoms. The highest BCUT2D eigenvalue weighted by Crippen LogP contribution is 2.35. The second-order valence-corrected chi connectivity index (χ2v) is 4.38. The van der Waals surface area contributed by atoms with Crippen molar-refractivity contribution in [1.82, 2.24) is 0 Å². The van der Waals surface area contributed by atoms with Gasteiger partial charge in [0.2, 0.25) is 0 Å². The fourth-order valence-corrected chi connectivity index (χ4v) is 1.83. The van der Waals surface area contributed by atoms with E-state index in [1.54, 1.807) is 13.8 Å². The smallest absolute Gasteiger partial charge is 0.170 e. The van der Waals surface area contributed by atoms with Crippen LogP contribution < -0.4 is 0 Å². The summed E-state index contributed by atoms with van der Waals surface area (Å²) in [6.07, 6.45) is 0.219. The van der Waals surface area contributed by atoms with Crippen molar-refractivity contribution in [2.75, 3.05) is 0 Å². The van der Waals surface area contributed by atoms with E-state index >= 15 is 0 Å². The van der Waals surface area contributed by atoms with Crippen LogP contribution in [0.5, 0.6) is 0 Å². The van der Waals surface area contributed by atoms with Gasteiger partial charge < -0.3 is 5.11 Å². The average Bonchev–Trinajstić information content (AvgIpc) is 1.80. The second-order valence-electron chi connectivity index (χ2n) is 4.38. The number of rotatable bonds is 0. The molecule has 0 heterocycles. The van der Waals surface area contributed by atoms with Crippen LogP contribution in [0.3, 0.4) is 0 Å². The minimum atomic E-state index is -1.45. The quantitative estimate of drug-likeness (QED) is 0.582. The van der Waals surface area contributed by atoms with Crippen LogP contribution in [0.1, 0.15) is 33.6 Å². The molecule has 1 saturated carbocycles. The first kappa shape index (κ1) is 9.39. The molecule has 0 aliphatic heterocycles. The van der Waals surface area contributed by atoms with Gasteiger partial charge in [-0.15, -0.1) is 0 Å². The third-order valence-electron chi connectivity index (χ3n) is 2.28. The summed E-state index contributed by atoms with van der Waals surface area (Å²) in [6.45, 7) is 4.80. The summed E-state index contributed by atoms with van der Waals surface area (Å²) < 4.78 is 0. The zero-order valence-electron chi connectivity index (χ0n) is 7.68. The molecule has 0 aromatic rings. The molecule has 12 heavy (non-hydrogen) atoms. The summed E-state index contributed by atoms with van der Waals surface area (Å²) in [5.74, 6) is -0.265. The maximum absolute atomic E-state index is 11.5. The van der Waals surface area contributed by atoms with Crippen LogP contribution in [0.15, 0.2) is 0 Å². The molecule has 1 N–H and O–H groups in total. The van der Waals surface area contributed by atoms with Crippen LogP contribution in [0.25, 0.3) is 0 Å². The molecule has 0 saturated heterocycles. The van der Waals surface area contributed by atoms with Crippen molar-refractivity contribution < 1.29 is 14.7 Å². The van der Waals surface area contributed by atoms with Crippen LogP contribution in [0, 0.1) is 5.41 Å². The topological polar surface area (TPSA) is 54.4 Å². The monoisotopic (exact) mass is 170 g/mol. The molecule has 1 rings (SSSR count). The standard InChI is InChI=1S/C9H14O3/c1-8(2)4-6(10)5-9(3,12)7(8)11/h12H,4-5H2,1-3H3/t9-/m0/s1. The Morgan fingerprint density at radius 1 is 1.17 bits per heavy atom. The van der Waals surface area contributed by atoms with Crippen molar-refractivity contribution in [3.05, 3.63) is 0 Å². The van der Waals surface area contributed by atoms with Gasteiger partial charge in [0.25, 0.3) is 0 Å². The minimum Gasteiger partial charge on any atom is -0.382 e. The van der Waals surface area contributed by atoms with Crippen LogP contribution in [0.4, 0.5) is 0 Å². The zero-order valence-corrected chi connectivity index (χ0v) is 7.68. The van der Waals surface area contributed by atoms with Crippen LogP contribution in [0.2, 0.25) is 0 Å². The third-order valence-corrected chi connectivity index (χ3v) is 2.28. The molecule has 0 spiro atoms. The lowest BCUT2D eigenvalue weighted by Gasteiger charge is -2.36. The number of Topliss-reactive ketones (excluding diaryl/α,β-unsaturated/α-hetero) is 2. The van der Waals surface area contributed by atoms with Gasteiger partial charge >= 0.3 is 0 Å². The summed E-state index contributed by atoms with van der Waals surface area (Å²) >= 11 is 0. The molecule has 0 aromatic carbocycles. The fourth-order valence-electron chi connectivity index (χ4n) is 1.83. The Bertz CT molecular complexity index is 216. The first-order valence-electron chi connectivity index (χ1n) is 4.05. The second kappa shape index (κ2) is 2.39. The van der Waals surface area contributed by atoms with Gasteiger partial charge in [-0.05, 0) is 6.92 Å². The predicted octanol–water partition coefficient (Wildman–Crippen LogP) is 0.696. The molecule has 1 fully saturated rings. The van der Waals surface area contributed by atoms with Gasteiger partial charge in [0.05, 0.1) is 0 Å². The van der Waals surface area contributed by atoms with Crippen LogP contribution in [-0.4, -0.2) is 22.3 Å². The maximum atomic E-state index is 11.5. The van der Waals surface area contributed by atoms with Gasteiger partial charge in [0.1, 0.15) is 11.4 Å². The van der Waals surface area contributed by atoms with E-state index in [1.165, 1.54) is 6.92 Å². The Kier molecular flexibility index (Phi) is 1.87. The molecule has 1 aliphatic rings. The number of ketones is 2. The molecule has 0 aromatic heterocycles. The maximum Gasteiger partial charge on any atom is 0.170 e. The molecular weight excluding hydrogens is 156 g/mol. The van der Waals surface area contributed by atoms with E-state index in [0.717, 1.165) is 0 Å². The Labute approximate surface area is 71.8 Å². The molecule has 0 amide bonds. The summed E-state index contributed by atoms with van der Waals surface area (Å²) in [4.78, 5) is 22.6. The Morgan fingerprint density at radius 2 is 1.67 bits per heavy atom. The summed E-state index contributed by atoms with van der Waals surface area (Å²) in [5.41, 5.74) is -2.14.